The first-order valence-electron chi connectivity index (χ1n) is 11.7. The van der Waals surface area contributed by atoms with Crippen molar-refractivity contribution in [3.63, 3.8) is 0 Å². The normalized spacial score (nSPS) is 17.1. The molecule has 5 rings (SSSR count). The van der Waals surface area contributed by atoms with Crippen molar-refractivity contribution in [3.8, 4) is 5.75 Å². The molecule has 0 spiro atoms. The zero-order valence-electron chi connectivity index (χ0n) is 19.6. The Balaban J connectivity index is 1.24. The topological polar surface area (TPSA) is 61.9 Å². The molecule has 2 aliphatic rings. The standard InChI is InChI=1S/C28H29N3O3/c1-30(2)23-13-14-31(17-23)22-10-8-21(9-11-22)29-27(32)16-19-7-12-26-25(15-19)28(33)24-6-4-3-5-20(24)18-34-26/h3-12,15,23H,13-14,16-18H2,1-2H3,(H,29,32). The molecule has 1 fully saturated rings. The highest BCUT2D eigenvalue weighted by Gasteiger charge is 2.24. The largest absolute Gasteiger partial charge is 0.488 e. The Morgan fingerprint density at radius 1 is 1.06 bits per heavy atom. The van der Waals surface area contributed by atoms with E-state index in [1.54, 1.807) is 12.1 Å². The fourth-order valence-electron chi connectivity index (χ4n) is 4.70. The number of carbonyl (C=O) groups is 2. The lowest BCUT2D eigenvalue weighted by molar-refractivity contribution is -0.115. The van der Waals surface area contributed by atoms with Crippen LogP contribution in [-0.2, 0) is 17.8 Å². The quantitative estimate of drug-likeness (QED) is 0.627. The van der Waals surface area contributed by atoms with Gasteiger partial charge in [0.2, 0.25) is 5.91 Å². The molecule has 1 saturated heterocycles. The summed E-state index contributed by atoms with van der Waals surface area (Å²) in [5, 5.41) is 2.97. The number of hydrogen-bond acceptors (Lipinski definition) is 5. The molecule has 1 atom stereocenters. The van der Waals surface area contributed by atoms with Crippen LogP contribution in [0.1, 0.15) is 33.5 Å². The number of nitrogens with zero attached hydrogens (tertiary/aromatic N) is 2. The molecule has 3 aromatic carbocycles. The molecule has 6 heteroatoms. The summed E-state index contributed by atoms with van der Waals surface area (Å²) in [6.07, 6.45) is 1.34. The van der Waals surface area contributed by atoms with Crippen molar-refractivity contribution in [2.75, 3.05) is 37.4 Å². The zero-order valence-corrected chi connectivity index (χ0v) is 19.6. The van der Waals surface area contributed by atoms with Crippen LogP contribution in [-0.4, -0.2) is 49.8 Å². The van der Waals surface area contributed by atoms with Crippen LogP contribution in [0.2, 0.25) is 0 Å². The lowest BCUT2D eigenvalue weighted by Crippen LogP contribution is -2.31. The van der Waals surface area contributed by atoms with E-state index in [9.17, 15) is 9.59 Å². The maximum atomic E-state index is 13.1. The first kappa shape index (κ1) is 22.2. The second-order valence-corrected chi connectivity index (χ2v) is 9.23. The van der Waals surface area contributed by atoms with Crippen LogP contribution in [0.15, 0.2) is 66.7 Å². The number of likely N-dealkylation sites (N-methyl/N-ethyl adjacent to an activating group) is 1. The van der Waals surface area contributed by atoms with E-state index in [0.717, 1.165) is 36.3 Å². The molecule has 1 N–H and O–H groups in total. The number of anilines is 2. The molecule has 1 unspecified atom stereocenters. The van der Waals surface area contributed by atoms with Gasteiger partial charge in [-0.1, -0.05) is 30.3 Å². The molecule has 0 aromatic heterocycles. The second kappa shape index (κ2) is 9.31. The van der Waals surface area contributed by atoms with E-state index in [0.29, 0.717) is 29.5 Å². The minimum absolute atomic E-state index is 0.0700. The van der Waals surface area contributed by atoms with Crippen molar-refractivity contribution in [1.82, 2.24) is 4.90 Å². The SMILES string of the molecule is CN(C)C1CCN(c2ccc(NC(=O)Cc3ccc4c(c3)C(=O)c3ccccc3CO4)cc2)C1. The Hall–Kier alpha value is -3.64. The fourth-order valence-corrected chi connectivity index (χ4v) is 4.70. The van der Waals surface area contributed by atoms with Gasteiger partial charge in [-0.15, -0.1) is 0 Å². The summed E-state index contributed by atoms with van der Waals surface area (Å²) in [5.74, 6) is 0.364. The van der Waals surface area contributed by atoms with Gasteiger partial charge in [0.05, 0.1) is 12.0 Å². The van der Waals surface area contributed by atoms with Crippen molar-refractivity contribution >= 4 is 23.1 Å². The van der Waals surface area contributed by atoms with Crippen molar-refractivity contribution in [2.45, 2.75) is 25.5 Å². The maximum absolute atomic E-state index is 13.1. The molecule has 34 heavy (non-hydrogen) atoms. The van der Waals surface area contributed by atoms with Gasteiger partial charge < -0.3 is 19.9 Å². The van der Waals surface area contributed by atoms with Gasteiger partial charge in [0.1, 0.15) is 12.4 Å². The third-order valence-electron chi connectivity index (χ3n) is 6.71. The number of amides is 1. The number of fused-ring (bicyclic) bond motifs is 2. The molecule has 2 aliphatic heterocycles. The highest BCUT2D eigenvalue weighted by Crippen LogP contribution is 2.29. The molecular formula is C28H29N3O3. The third-order valence-corrected chi connectivity index (χ3v) is 6.71. The molecule has 1 amide bonds. The van der Waals surface area contributed by atoms with Gasteiger partial charge in [-0.3, -0.25) is 9.59 Å². The van der Waals surface area contributed by atoms with E-state index >= 15 is 0 Å². The summed E-state index contributed by atoms with van der Waals surface area (Å²) < 4.78 is 5.85. The Labute approximate surface area is 200 Å². The van der Waals surface area contributed by atoms with Gasteiger partial charge in [0.15, 0.2) is 5.78 Å². The summed E-state index contributed by atoms with van der Waals surface area (Å²) in [6, 6.07) is 21.5. The van der Waals surface area contributed by atoms with E-state index in [2.05, 4.69) is 41.3 Å². The van der Waals surface area contributed by atoms with Crippen molar-refractivity contribution in [3.05, 3.63) is 89.0 Å². The summed E-state index contributed by atoms with van der Waals surface area (Å²) in [4.78, 5) is 30.4. The molecule has 6 nitrogen and oxygen atoms in total. The van der Waals surface area contributed by atoms with Crippen molar-refractivity contribution in [1.29, 1.82) is 0 Å². The molecule has 0 bridgehead atoms. The van der Waals surface area contributed by atoms with Gasteiger partial charge >= 0.3 is 0 Å². The summed E-state index contributed by atoms with van der Waals surface area (Å²) in [6.45, 7) is 2.42. The van der Waals surface area contributed by atoms with Crippen molar-refractivity contribution in [2.24, 2.45) is 0 Å². The zero-order chi connectivity index (χ0) is 23.7. The van der Waals surface area contributed by atoms with Crippen molar-refractivity contribution < 1.29 is 14.3 Å². The van der Waals surface area contributed by atoms with Crippen LogP contribution in [0.4, 0.5) is 11.4 Å². The van der Waals surface area contributed by atoms with Gasteiger partial charge in [-0.05, 0) is 62.5 Å². The molecular weight excluding hydrogens is 426 g/mol. The Morgan fingerprint density at radius 3 is 2.62 bits per heavy atom. The van der Waals surface area contributed by atoms with Gasteiger partial charge in [0.25, 0.3) is 0 Å². The molecule has 0 saturated carbocycles. The third kappa shape index (κ3) is 4.54. The molecule has 2 heterocycles. The lowest BCUT2D eigenvalue weighted by Gasteiger charge is -2.22. The number of hydrogen-bond donors (Lipinski definition) is 1. The Bertz CT molecular complexity index is 1220. The highest BCUT2D eigenvalue weighted by molar-refractivity contribution is 6.12. The number of carbonyl (C=O) groups excluding carboxylic acids is 2. The van der Waals surface area contributed by atoms with E-state index in [4.69, 9.17) is 4.74 Å². The summed E-state index contributed by atoms with van der Waals surface area (Å²) >= 11 is 0. The second-order valence-electron chi connectivity index (χ2n) is 9.23. The predicted molar refractivity (Wildman–Crippen MR) is 134 cm³/mol. The summed E-state index contributed by atoms with van der Waals surface area (Å²) in [7, 11) is 4.25. The minimum atomic E-state index is -0.121. The maximum Gasteiger partial charge on any atom is 0.228 e. The summed E-state index contributed by atoms with van der Waals surface area (Å²) in [5.41, 5.74) is 4.74. The average Bonchev–Trinajstić information content (AvgIpc) is 3.29. The molecule has 0 aliphatic carbocycles. The number of ether oxygens (including phenoxy) is 1. The van der Waals surface area contributed by atoms with Crippen LogP contribution in [0.5, 0.6) is 5.75 Å². The predicted octanol–water partition coefficient (Wildman–Crippen LogP) is 4.13. The lowest BCUT2D eigenvalue weighted by atomic mass is 9.97. The minimum Gasteiger partial charge on any atom is -0.488 e. The van der Waals surface area contributed by atoms with Crippen LogP contribution in [0, 0.1) is 0 Å². The highest BCUT2D eigenvalue weighted by atomic mass is 16.5. The van der Waals surface area contributed by atoms with Crippen LogP contribution in [0.3, 0.4) is 0 Å². The number of rotatable bonds is 5. The number of nitrogens with one attached hydrogen (secondary N) is 1. The first-order chi connectivity index (χ1) is 16.5. The molecule has 0 radical (unpaired) electrons. The monoisotopic (exact) mass is 455 g/mol. The smallest absolute Gasteiger partial charge is 0.228 e. The van der Waals surface area contributed by atoms with Gasteiger partial charge in [-0.25, -0.2) is 0 Å². The number of ketones is 1. The van der Waals surface area contributed by atoms with Gasteiger partial charge in [-0.2, -0.15) is 0 Å². The van der Waals surface area contributed by atoms with E-state index in [1.165, 1.54) is 5.69 Å². The van der Waals surface area contributed by atoms with Crippen LogP contribution >= 0.6 is 0 Å². The first-order valence-corrected chi connectivity index (χ1v) is 11.7. The molecule has 3 aromatic rings. The number of benzene rings is 3. The Kier molecular flexibility index (Phi) is 6.07. The van der Waals surface area contributed by atoms with E-state index in [1.807, 2.05) is 42.5 Å². The average molecular weight is 456 g/mol. The fraction of sp³-hybridized carbons (Fsp3) is 0.286. The Morgan fingerprint density at radius 2 is 1.85 bits per heavy atom. The van der Waals surface area contributed by atoms with Crippen LogP contribution < -0.4 is 15.0 Å². The molecule has 174 valence electrons. The van der Waals surface area contributed by atoms with Gasteiger partial charge in [0, 0.05) is 41.6 Å². The van der Waals surface area contributed by atoms with E-state index in [-0.39, 0.29) is 18.1 Å². The van der Waals surface area contributed by atoms with E-state index < -0.39 is 0 Å². The van der Waals surface area contributed by atoms with Crippen LogP contribution in [0.25, 0.3) is 0 Å².